The Kier molecular flexibility index (Phi) is 6.31. The third-order valence-electron chi connectivity index (χ3n) is 3.64. The lowest BCUT2D eigenvalue weighted by molar-refractivity contribution is -0.121. The Morgan fingerprint density at radius 1 is 1.29 bits per heavy atom. The lowest BCUT2D eigenvalue weighted by atomic mass is 9.98. The van der Waals surface area contributed by atoms with Gasteiger partial charge in [-0.25, -0.2) is 9.78 Å². The zero-order valence-corrected chi connectivity index (χ0v) is 14.7. The van der Waals surface area contributed by atoms with Gasteiger partial charge in [-0.3, -0.25) is 4.79 Å². The highest BCUT2D eigenvalue weighted by Crippen LogP contribution is 2.20. The molecular formula is C17H22N4O2S. The van der Waals surface area contributed by atoms with E-state index in [-0.39, 0.29) is 12.3 Å². The molecule has 0 fully saturated rings. The SMILES string of the molecule is Cc1nc(CCNC(=O)C[C@H](NC(N)=O)c2ccccc2C)cs1. The molecular weight excluding hydrogens is 324 g/mol. The molecule has 0 saturated carbocycles. The highest BCUT2D eigenvalue weighted by Gasteiger charge is 2.18. The predicted octanol–water partition coefficient (Wildman–Crippen LogP) is 2.22. The summed E-state index contributed by atoms with van der Waals surface area (Å²) in [4.78, 5) is 27.8. The Hall–Kier alpha value is -2.41. The number of thiazole rings is 1. The van der Waals surface area contributed by atoms with E-state index in [2.05, 4.69) is 15.6 Å². The largest absolute Gasteiger partial charge is 0.356 e. The molecule has 0 spiro atoms. The van der Waals surface area contributed by atoms with Crippen LogP contribution < -0.4 is 16.4 Å². The van der Waals surface area contributed by atoms with Crippen LogP contribution in [0.1, 0.15) is 34.3 Å². The van der Waals surface area contributed by atoms with Crippen molar-refractivity contribution in [3.63, 3.8) is 0 Å². The minimum Gasteiger partial charge on any atom is -0.356 e. The van der Waals surface area contributed by atoms with Gasteiger partial charge in [-0.05, 0) is 25.0 Å². The quantitative estimate of drug-likeness (QED) is 0.717. The Balaban J connectivity index is 1.92. The molecule has 1 aromatic carbocycles. The first-order valence-electron chi connectivity index (χ1n) is 7.75. The molecule has 1 aromatic heterocycles. The molecule has 24 heavy (non-hydrogen) atoms. The number of rotatable bonds is 7. The molecule has 7 heteroatoms. The van der Waals surface area contributed by atoms with Gasteiger partial charge in [0.05, 0.1) is 23.2 Å². The van der Waals surface area contributed by atoms with Crippen LogP contribution in [0.2, 0.25) is 0 Å². The van der Waals surface area contributed by atoms with Gasteiger partial charge in [-0.1, -0.05) is 24.3 Å². The van der Waals surface area contributed by atoms with Crippen molar-refractivity contribution in [3.8, 4) is 0 Å². The molecule has 0 bridgehead atoms. The molecule has 0 aliphatic heterocycles. The van der Waals surface area contributed by atoms with Crippen LogP contribution >= 0.6 is 11.3 Å². The number of benzene rings is 1. The maximum atomic E-state index is 12.2. The van der Waals surface area contributed by atoms with Crippen molar-refractivity contribution in [1.82, 2.24) is 15.6 Å². The molecule has 128 valence electrons. The molecule has 2 rings (SSSR count). The fraction of sp³-hybridized carbons (Fsp3) is 0.353. The monoisotopic (exact) mass is 346 g/mol. The number of amides is 3. The summed E-state index contributed by atoms with van der Waals surface area (Å²) in [6, 6.07) is 6.53. The molecule has 1 heterocycles. The third-order valence-corrected chi connectivity index (χ3v) is 4.46. The first-order chi connectivity index (χ1) is 11.5. The van der Waals surface area contributed by atoms with Crippen LogP contribution in [0.3, 0.4) is 0 Å². The summed E-state index contributed by atoms with van der Waals surface area (Å²) >= 11 is 1.59. The predicted molar refractivity (Wildman–Crippen MR) is 94.8 cm³/mol. The minimum atomic E-state index is -0.644. The number of hydrogen-bond acceptors (Lipinski definition) is 4. The number of carbonyl (C=O) groups excluding carboxylic acids is 2. The summed E-state index contributed by atoms with van der Waals surface area (Å²) in [7, 11) is 0. The van der Waals surface area contributed by atoms with Crippen LogP contribution in [-0.4, -0.2) is 23.5 Å². The number of urea groups is 1. The zero-order chi connectivity index (χ0) is 17.5. The Labute approximate surface area is 145 Å². The Morgan fingerprint density at radius 3 is 2.67 bits per heavy atom. The van der Waals surface area contributed by atoms with E-state index < -0.39 is 12.1 Å². The second-order valence-electron chi connectivity index (χ2n) is 5.58. The summed E-state index contributed by atoms with van der Waals surface area (Å²) in [6.45, 7) is 4.40. The number of nitrogens with two attached hydrogens (primary N) is 1. The lowest BCUT2D eigenvalue weighted by Crippen LogP contribution is -2.37. The van der Waals surface area contributed by atoms with Crippen LogP contribution in [0.5, 0.6) is 0 Å². The van der Waals surface area contributed by atoms with E-state index in [0.717, 1.165) is 21.8 Å². The highest BCUT2D eigenvalue weighted by atomic mass is 32.1. The maximum Gasteiger partial charge on any atom is 0.312 e. The van der Waals surface area contributed by atoms with Gasteiger partial charge in [0, 0.05) is 18.3 Å². The fourth-order valence-electron chi connectivity index (χ4n) is 2.50. The lowest BCUT2D eigenvalue weighted by Gasteiger charge is -2.19. The van der Waals surface area contributed by atoms with Gasteiger partial charge >= 0.3 is 6.03 Å². The molecule has 0 aliphatic rings. The van der Waals surface area contributed by atoms with E-state index in [1.165, 1.54) is 0 Å². The van der Waals surface area contributed by atoms with E-state index in [1.54, 1.807) is 11.3 Å². The Bertz CT molecular complexity index is 714. The van der Waals surface area contributed by atoms with Crippen LogP contribution in [0.4, 0.5) is 4.79 Å². The minimum absolute atomic E-state index is 0.135. The molecule has 6 nitrogen and oxygen atoms in total. The van der Waals surface area contributed by atoms with Crippen LogP contribution in [0.15, 0.2) is 29.6 Å². The van der Waals surface area contributed by atoms with Gasteiger partial charge in [0.2, 0.25) is 5.91 Å². The molecule has 1 atom stereocenters. The van der Waals surface area contributed by atoms with Crippen molar-refractivity contribution in [2.24, 2.45) is 5.73 Å². The molecule has 2 aromatic rings. The van der Waals surface area contributed by atoms with E-state index in [0.29, 0.717) is 13.0 Å². The highest BCUT2D eigenvalue weighted by molar-refractivity contribution is 7.09. The normalized spacial score (nSPS) is 11.8. The van der Waals surface area contributed by atoms with Gasteiger partial charge in [0.25, 0.3) is 0 Å². The molecule has 4 N–H and O–H groups in total. The van der Waals surface area contributed by atoms with Gasteiger partial charge in [0.15, 0.2) is 0 Å². The van der Waals surface area contributed by atoms with Crippen molar-refractivity contribution in [3.05, 3.63) is 51.5 Å². The average Bonchev–Trinajstić information content (AvgIpc) is 2.92. The molecule has 0 aliphatic carbocycles. The average molecular weight is 346 g/mol. The number of carbonyl (C=O) groups is 2. The first-order valence-corrected chi connectivity index (χ1v) is 8.63. The van der Waals surface area contributed by atoms with Crippen LogP contribution in [-0.2, 0) is 11.2 Å². The van der Waals surface area contributed by atoms with Gasteiger partial charge < -0.3 is 16.4 Å². The van der Waals surface area contributed by atoms with E-state index in [4.69, 9.17) is 5.73 Å². The summed E-state index contributed by atoms with van der Waals surface area (Å²) in [5, 5.41) is 8.52. The summed E-state index contributed by atoms with van der Waals surface area (Å²) in [5.74, 6) is -0.135. The summed E-state index contributed by atoms with van der Waals surface area (Å²) in [6.07, 6.45) is 0.832. The van der Waals surface area contributed by atoms with Crippen molar-refractivity contribution in [2.75, 3.05) is 6.54 Å². The number of hydrogen-bond donors (Lipinski definition) is 3. The van der Waals surface area contributed by atoms with E-state index in [9.17, 15) is 9.59 Å². The summed E-state index contributed by atoms with van der Waals surface area (Å²) < 4.78 is 0. The second-order valence-corrected chi connectivity index (χ2v) is 6.64. The topological polar surface area (TPSA) is 97.1 Å². The second kappa shape index (κ2) is 8.44. The van der Waals surface area contributed by atoms with Gasteiger partial charge in [-0.2, -0.15) is 0 Å². The van der Waals surface area contributed by atoms with E-state index >= 15 is 0 Å². The van der Waals surface area contributed by atoms with Crippen molar-refractivity contribution >= 4 is 23.3 Å². The first kappa shape index (κ1) is 17.9. The van der Waals surface area contributed by atoms with Gasteiger partial charge in [0.1, 0.15) is 0 Å². The summed E-state index contributed by atoms with van der Waals surface area (Å²) in [5.41, 5.74) is 8.11. The number of aryl methyl sites for hydroxylation is 2. The number of primary amides is 1. The van der Waals surface area contributed by atoms with Crippen molar-refractivity contribution < 1.29 is 9.59 Å². The van der Waals surface area contributed by atoms with Crippen LogP contribution in [0.25, 0.3) is 0 Å². The van der Waals surface area contributed by atoms with Crippen molar-refractivity contribution in [1.29, 1.82) is 0 Å². The molecule has 0 unspecified atom stereocenters. The molecule has 0 radical (unpaired) electrons. The van der Waals surface area contributed by atoms with Crippen molar-refractivity contribution in [2.45, 2.75) is 32.7 Å². The van der Waals surface area contributed by atoms with E-state index in [1.807, 2.05) is 43.5 Å². The van der Waals surface area contributed by atoms with Crippen LogP contribution in [0, 0.1) is 13.8 Å². The smallest absolute Gasteiger partial charge is 0.312 e. The maximum absolute atomic E-state index is 12.2. The fourth-order valence-corrected chi connectivity index (χ4v) is 3.15. The standard InChI is InChI=1S/C17H22N4O2S/c1-11-5-3-4-6-14(11)15(21-17(18)23)9-16(22)19-8-7-13-10-24-12(2)20-13/h3-6,10,15H,7-9H2,1-2H3,(H,19,22)(H3,18,21,23)/t15-/m0/s1. The number of nitrogens with zero attached hydrogens (tertiary/aromatic N) is 1. The zero-order valence-electron chi connectivity index (χ0n) is 13.8. The number of aromatic nitrogens is 1. The number of nitrogens with one attached hydrogen (secondary N) is 2. The molecule has 0 saturated heterocycles. The van der Waals surface area contributed by atoms with Gasteiger partial charge in [-0.15, -0.1) is 11.3 Å². The Morgan fingerprint density at radius 2 is 2.04 bits per heavy atom. The molecule has 3 amide bonds. The third kappa shape index (κ3) is 5.34.